The van der Waals surface area contributed by atoms with Gasteiger partial charge in [-0.15, -0.1) is 11.3 Å². The minimum atomic E-state index is -3.64. The summed E-state index contributed by atoms with van der Waals surface area (Å²) in [6, 6.07) is 6.86. The summed E-state index contributed by atoms with van der Waals surface area (Å²) in [6.45, 7) is 0. The van der Waals surface area contributed by atoms with Crippen LogP contribution in [0.2, 0.25) is 0 Å². The number of hydrogen-bond donors (Lipinski definition) is 1. The van der Waals surface area contributed by atoms with Crippen LogP contribution in [-0.4, -0.2) is 13.4 Å². The Bertz CT molecular complexity index is 919. The highest BCUT2D eigenvalue weighted by Crippen LogP contribution is 2.60. The first-order valence-electron chi connectivity index (χ1n) is 9.17. The number of nitrogens with zero attached hydrogens (tertiary/aromatic N) is 1. The lowest BCUT2D eigenvalue weighted by Crippen LogP contribution is -2.48. The predicted octanol–water partition coefficient (Wildman–Crippen LogP) is 5.17. The van der Waals surface area contributed by atoms with Crippen molar-refractivity contribution in [3.63, 3.8) is 0 Å². The third-order valence-electron chi connectivity index (χ3n) is 6.43. The molecule has 0 amide bonds. The molecule has 0 saturated heterocycles. The van der Waals surface area contributed by atoms with Gasteiger partial charge in [-0.25, -0.2) is 13.4 Å². The average Bonchev–Trinajstić information content (AvgIpc) is 3.02. The van der Waals surface area contributed by atoms with E-state index in [1.54, 1.807) is 24.3 Å². The highest BCUT2D eigenvalue weighted by atomic mass is 79.9. The number of aromatic nitrogens is 1. The molecule has 4 nitrogen and oxygen atoms in total. The molecular weight excluding hydrogens is 432 g/mol. The topological polar surface area (TPSA) is 59.1 Å². The molecule has 26 heavy (non-hydrogen) atoms. The van der Waals surface area contributed by atoms with E-state index < -0.39 is 10.0 Å². The van der Waals surface area contributed by atoms with Crippen LogP contribution in [-0.2, 0) is 15.4 Å². The van der Waals surface area contributed by atoms with E-state index in [-0.39, 0.29) is 10.3 Å². The molecule has 138 valence electrons. The van der Waals surface area contributed by atoms with Crippen molar-refractivity contribution in [2.75, 3.05) is 4.72 Å². The highest BCUT2D eigenvalue weighted by molar-refractivity contribution is 9.10. The lowest BCUT2D eigenvalue weighted by atomic mass is 9.49. The molecule has 1 aromatic carbocycles. The van der Waals surface area contributed by atoms with Crippen molar-refractivity contribution >= 4 is 42.4 Å². The summed E-state index contributed by atoms with van der Waals surface area (Å²) in [5, 5.41) is 2.57. The van der Waals surface area contributed by atoms with Gasteiger partial charge in [-0.1, -0.05) is 12.1 Å². The Labute approximate surface area is 166 Å². The van der Waals surface area contributed by atoms with E-state index in [0.29, 0.717) is 9.60 Å². The molecule has 0 spiro atoms. The van der Waals surface area contributed by atoms with Crippen molar-refractivity contribution in [3.8, 4) is 0 Å². The first-order valence-corrected chi connectivity index (χ1v) is 12.3. The average molecular weight is 453 g/mol. The van der Waals surface area contributed by atoms with Crippen molar-refractivity contribution in [2.45, 2.75) is 48.8 Å². The third kappa shape index (κ3) is 2.83. The highest BCUT2D eigenvalue weighted by Gasteiger charge is 2.52. The molecule has 4 fully saturated rings. The molecule has 0 radical (unpaired) electrons. The quantitative estimate of drug-likeness (QED) is 0.695. The molecule has 2 aromatic rings. The van der Waals surface area contributed by atoms with Crippen LogP contribution in [0.4, 0.5) is 5.13 Å². The Kier molecular flexibility index (Phi) is 4.00. The zero-order chi connectivity index (χ0) is 17.9. The molecule has 4 aliphatic rings. The summed E-state index contributed by atoms with van der Waals surface area (Å²) in [5.74, 6) is 2.55. The van der Waals surface area contributed by atoms with Crippen LogP contribution in [0.5, 0.6) is 0 Å². The second-order valence-electron chi connectivity index (χ2n) is 8.27. The number of rotatable bonds is 4. The lowest BCUT2D eigenvalue weighted by molar-refractivity contribution is -0.00688. The van der Waals surface area contributed by atoms with E-state index in [2.05, 4.69) is 26.0 Å². The van der Waals surface area contributed by atoms with E-state index in [1.807, 2.05) is 0 Å². The zero-order valence-corrected chi connectivity index (χ0v) is 17.5. The van der Waals surface area contributed by atoms with Crippen LogP contribution < -0.4 is 4.72 Å². The Morgan fingerprint density at radius 1 is 1.08 bits per heavy atom. The Balaban J connectivity index is 1.42. The first-order chi connectivity index (χ1) is 12.4. The van der Waals surface area contributed by atoms with E-state index in [1.165, 1.54) is 49.9 Å². The summed E-state index contributed by atoms with van der Waals surface area (Å²) >= 11 is 4.73. The number of thiazole rings is 1. The fourth-order valence-corrected chi connectivity index (χ4v) is 8.91. The smallest absolute Gasteiger partial charge is 0.255 e. The van der Waals surface area contributed by atoms with Crippen LogP contribution in [0, 0.1) is 17.8 Å². The maximum Gasteiger partial charge on any atom is 0.264 e. The fourth-order valence-electron chi connectivity index (χ4n) is 5.82. The molecule has 1 N–H and O–H groups in total. The van der Waals surface area contributed by atoms with Crippen molar-refractivity contribution in [1.82, 2.24) is 4.98 Å². The molecule has 7 heteroatoms. The van der Waals surface area contributed by atoms with Gasteiger partial charge >= 0.3 is 0 Å². The predicted molar refractivity (Wildman–Crippen MR) is 107 cm³/mol. The third-order valence-corrected chi connectivity index (χ3v) is 9.67. The Hall–Kier alpha value is -0.920. The number of halogens is 1. The van der Waals surface area contributed by atoms with Gasteiger partial charge in [0, 0.05) is 15.3 Å². The molecule has 6 rings (SSSR count). The van der Waals surface area contributed by atoms with Gasteiger partial charge < -0.3 is 0 Å². The number of benzene rings is 1. The van der Waals surface area contributed by atoms with Gasteiger partial charge in [0.1, 0.15) is 4.90 Å². The molecule has 1 aromatic heterocycles. The molecule has 4 saturated carbocycles. The van der Waals surface area contributed by atoms with Gasteiger partial charge in [0.05, 0.1) is 5.69 Å². The van der Waals surface area contributed by atoms with E-state index in [4.69, 9.17) is 4.98 Å². The Morgan fingerprint density at radius 2 is 1.69 bits per heavy atom. The second-order valence-corrected chi connectivity index (χ2v) is 11.6. The number of nitrogens with one attached hydrogen (secondary N) is 1. The molecule has 4 aliphatic carbocycles. The maximum atomic E-state index is 12.7. The fraction of sp³-hybridized carbons (Fsp3) is 0.526. The normalized spacial score (nSPS) is 32.7. The maximum absolute atomic E-state index is 12.7. The summed E-state index contributed by atoms with van der Waals surface area (Å²) in [7, 11) is -3.64. The van der Waals surface area contributed by atoms with Crippen molar-refractivity contribution < 1.29 is 8.42 Å². The monoisotopic (exact) mass is 452 g/mol. The SMILES string of the molecule is O=S(=O)(Nc1nc(C23CC4CC(CC(C4)C2)C3)cs1)c1ccccc1Br. The van der Waals surface area contributed by atoms with Gasteiger partial charge in [0.15, 0.2) is 5.13 Å². The number of hydrogen-bond acceptors (Lipinski definition) is 4. The van der Waals surface area contributed by atoms with Gasteiger partial charge in [-0.3, -0.25) is 4.72 Å². The van der Waals surface area contributed by atoms with Gasteiger partial charge in [-0.05, 0) is 84.3 Å². The zero-order valence-electron chi connectivity index (χ0n) is 14.3. The van der Waals surface area contributed by atoms with Crippen LogP contribution in [0.1, 0.15) is 44.2 Å². The summed E-state index contributed by atoms with van der Waals surface area (Å²) < 4.78 is 28.6. The summed E-state index contributed by atoms with van der Waals surface area (Å²) in [5.41, 5.74) is 1.31. The van der Waals surface area contributed by atoms with Crippen LogP contribution in [0.15, 0.2) is 39.0 Å². The van der Waals surface area contributed by atoms with E-state index in [0.717, 1.165) is 23.4 Å². The molecular formula is C19H21BrN2O2S2. The minimum Gasteiger partial charge on any atom is -0.255 e. The van der Waals surface area contributed by atoms with E-state index in [9.17, 15) is 8.42 Å². The number of sulfonamides is 1. The molecule has 0 aliphatic heterocycles. The van der Waals surface area contributed by atoms with Gasteiger partial charge in [-0.2, -0.15) is 0 Å². The minimum absolute atomic E-state index is 0.197. The molecule has 0 unspecified atom stereocenters. The second kappa shape index (κ2) is 6.04. The first kappa shape index (κ1) is 17.2. The molecule has 0 atom stereocenters. The number of anilines is 1. The standard InChI is InChI=1S/C19H21BrN2O2S2/c20-15-3-1-2-4-16(15)26(23,24)22-18-21-17(11-25-18)19-8-12-5-13(9-19)7-14(6-12)10-19/h1-4,11-14H,5-10H2,(H,21,22). The van der Waals surface area contributed by atoms with Gasteiger partial charge in [0.25, 0.3) is 10.0 Å². The van der Waals surface area contributed by atoms with Crippen LogP contribution >= 0.6 is 27.3 Å². The summed E-state index contributed by atoms with van der Waals surface area (Å²) in [6.07, 6.45) is 7.89. The molecule has 4 bridgehead atoms. The van der Waals surface area contributed by atoms with Crippen molar-refractivity contribution in [3.05, 3.63) is 39.8 Å². The largest absolute Gasteiger partial charge is 0.264 e. The summed E-state index contributed by atoms with van der Waals surface area (Å²) in [4.78, 5) is 5.00. The lowest BCUT2D eigenvalue weighted by Gasteiger charge is -2.56. The molecule has 1 heterocycles. The Morgan fingerprint density at radius 3 is 2.31 bits per heavy atom. The van der Waals surface area contributed by atoms with E-state index >= 15 is 0 Å². The van der Waals surface area contributed by atoms with Crippen molar-refractivity contribution in [1.29, 1.82) is 0 Å². The van der Waals surface area contributed by atoms with Crippen molar-refractivity contribution in [2.24, 2.45) is 17.8 Å². The van der Waals surface area contributed by atoms with Gasteiger partial charge in [0.2, 0.25) is 0 Å². The van der Waals surface area contributed by atoms with Crippen LogP contribution in [0.25, 0.3) is 0 Å². The van der Waals surface area contributed by atoms with Crippen LogP contribution in [0.3, 0.4) is 0 Å².